The van der Waals surface area contributed by atoms with E-state index in [2.05, 4.69) is 78.9 Å². The Labute approximate surface area is 158 Å². The number of hydrogen-bond donors (Lipinski definition) is 0. The molecule has 0 unspecified atom stereocenters. The summed E-state index contributed by atoms with van der Waals surface area (Å²) in [5.74, 6) is 0. The SMILES string of the molecule is C(=Cc1ccccc1)COCc1ccc2ccc3cccc4ccc1c2c34. The molecular formula is C26H20O. The van der Waals surface area contributed by atoms with E-state index in [1.54, 1.807) is 0 Å². The normalized spacial score (nSPS) is 12.0. The number of benzene rings is 5. The van der Waals surface area contributed by atoms with Gasteiger partial charge in [-0.1, -0.05) is 97.1 Å². The van der Waals surface area contributed by atoms with E-state index in [1.807, 2.05) is 18.2 Å². The molecule has 0 saturated carbocycles. The molecule has 0 fully saturated rings. The van der Waals surface area contributed by atoms with Crippen LogP contribution in [-0.4, -0.2) is 6.61 Å². The molecule has 0 aliphatic rings. The van der Waals surface area contributed by atoms with Crippen molar-refractivity contribution in [2.45, 2.75) is 6.61 Å². The fourth-order valence-electron chi connectivity index (χ4n) is 3.91. The highest BCUT2D eigenvalue weighted by Crippen LogP contribution is 2.36. The minimum Gasteiger partial charge on any atom is -0.373 e. The second-order valence-electron chi connectivity index (χ2n) is 6.91. The largest absolute Gasteiger partial charge is 0.373 e. The van der Waals surface area contributed by atoms with Crippen LogP contribution in [0.2, 0.25) is 0 Å². The van der Waals surface area contributed by atoms with Crippen molar-refractivity contribution in [3.8, 4) is 0 Å². The fourth-order valence-corrected chi connectivity index (χ4v) is 3.91. The van der Waals surface area contributed by atoms with Crippen LogP contribution in [0.5, 0.6) is 0 Å². The monoisotopic (exact) mass is 348 g/mol. The molecule has 1 nitrogen and oxygen atoms in total. The summed E-state index contributed by atoms with van der Waals surface area (Å²) < 4.78 is 5.94. The summed E-state index contributed by atoms with van der Waals surface area (Å²) in [7, 11) is 0. The second kappa shape index (κ2) is 6.86. The van der Waals surface area contributed by atoms with Crippen LogP contribution < -0.4 is 0 Å². The van der Waals surface area contributed by atoms with Gasteiger partial charge >= 0.3 is 0 Å². The first-order valence-corrected chi connectivity index (χ1v) is 9.35. The molecule has 0 atom stereocenters. The van der Waals surface area contributed by atoms with E-state index in [4.69, 9.17) is 4.74 Å². The first-order chi connectivity index (χ1) is 13.4. The summed E-state index contributed by atoms with van der Waals surface area (Å²) >= 11 is 0. The van der Waals surface area contributed by atoms with Crippen molar-refractivity contribution in [3.63, 3.8) is 0 Å². The smallest absolute Gasteiger partial charge is 0.0727 e. The van der Waals surface area contributed by atoms with Crippen LogP contribution in [-0.2, 0) is 11.3 Å². The van der Waals surface area contributed by atoms with Gasteiger partial charge in [-0.15, -0.1) is 0 Å². The molecule has 0 heterocycles. The fraction of sp³-hybridized carbons (Fsp3) is 0.0769. The van der Waals surface area contributed by atoms with Gasteiger partial charge in [0.1, 0.15) is 0 Å². The van der Waals surface area contributed by atoms with Crippen molar-refractivity contribution in [2.75, 3.05) is 6.61 Å². The van der Waals surface area contributed by atoms with Crippen molar-refractivity contribution >= 4 is 38.4 Å². The second-order valence-corrected chi connectivity index (χ2v) is 6.91. The lowest BCUT2D eigenvalue weighted by Gasteiger charge is -2.13. The molecule has 5 aromatic carbocycles. The van der Waals surface area contributed by atoms with Crippen LogP contribution in [0.3, 0.4) is 0 Å². The molecule has 130 valence electrons. The van der Waals surface area contributed by atoms with Gasteiger partial charge in [0.15, 0.2) is 0 Å². The molecule has 0 radical (unpaired) electrons. The van der Waals surface area contributed by atoms with Gasteiger partial charge in [-0.05, 0) is 43.4 Å². The maximum Gasteiger partial charge on any atom is 0.0727 e. The molecule has 0 aliphatic carbocycles. The maximum absolute atomic E-state index is 5.94. The van der Waals surface area contributed by atoms with E-state index in [-0.39, 0.29) is 0 Å². The zero-order chi connectivity index (χ0) is 18.1. The molecule has 5 aromatic rings. The average molecular weight is 348 g/mol. The average Bonchev–Trinajstić information content (AvgIpc) is 2.73. The van der Waals surface area contributed by atoms with E-state index in [0.717, 1.165) is 0 Å². The van der Waals surface area contributed by atoms with Gasteiger partial charge in [0.25, 0.3) is 0 Å². The van der Waals surface area contributed by atoms with Crippen LogP contribution in [0.4, 0.5) is 0 Å². The van der Waals surface area contributed by atoms with Gasteiger partial charge in [-0.2, -0.15) is 0 Å². The molecule has 0 bridgehead atoms. The third kappa shape index (κ3) is 2.97. The number of ether oxygens (including phenoxy) is 1. The first-order valence-electron chi connectivity index (χ1n) is 9.35. The first kappa shape index (κ1) is 16.0. The molecular weight excluding hydrogens is 328 g/mol. The standard InChI is InChI=1S/C26H20O/c1-2-6-19(7-3-1)8-5-17-27-18-23-14-13-22-12-11-20-9-4-10-21-15-16-24(23)26(22)25(20)21/h1-16H,17-18H2. The zero-order valence-electron chi connectivity index (χ0n) is 15.1. The number of rotatable bonds is 5. The predicted molar refractivity (Wildman–Crippen MR) is 115 cm³/mol. The predicted octanol–water partition coefficient (Wildman–Crippen LogP) is 6.81. The Morgan fingerprint density at radius 1 is 0.630 bits per heavy atom. The van der Waals surface area contributed by atoms with Crippen LogP contribution in [0, 0.1) is 0 Å². The van der Waals surface area contributed by atoms with Crippen molar-refractivity contribution < 1.29 is 4.74 Å². The van der Waals surface area contributed by atoms with Crippen molar-refractivity contribution in [1.29, 1.82) is 0 Å². The lowest BCUT2D eigenvalue weighted by molar-refractivity contribution is 0.150. The molecule has 0 amide bonds. The van der Waals surface area contributed by atoms with E-state index in [1.165, 1.54) is 43.4 Å². The molecule has 5 rings (SSSR count). The summed E-state index contributed by atoms with van der Waals surface area (Å²) in [6, 6.07) is 30.1. The van der Waals surface area contributed by atoms with Crippen molar-refractivity contribution in [1.82, 2.24) is 0 Å². The molecule has 1 heteroatoms. The third-order valence-electron chi connectivity index (χ3n) is 5.20. The van der Waals surface area contributed by atoms with Gasteiger partial charge in [0.2, 0.25) is 0 Å². The number of hydrogen-bond acceptors (Lipinski definition) is 1. The molecule has 0 N–H and O–H groups in total. The molecule has 0 aromatic heterocycles. The van der Waals surface area contributed by atoms with Gasteiger partial charge in [0, 0.05) is 0 Å². The molecule has 0 saturated heterocycles. The van der Waals surface area contributed by atoms with Gasteiger partial charge < -0.3 is 4.74 Å². The highest BCUT2D eigenvalue weighted by Gasteiger charge is 2.10. The highest BCUT2D eigenvalue weighted by atomic mass is 16.5. The topological polar surface area (TPSA) is 9.23 Å². The van der Waals surface area contributed by atoms with Gasteiger partial charge in [0.05, 0.1) is 13.2 Å². The summed E-state index contributed by atoms with van der Waals surface area (Å²) in [6.45, 7) is 1.23. The van der Waals surface area contributed by atoms with Gasteiger partial charge in [-0.3, -0.25) is 0 Å². The maximum atomic E-state index is 5.94. The summed E-state index contributed by atoms with van der Waals surface area (Å²) in [5.41, 5.74) is 2.44. The minimum atomic E-state index is 0.608. The Bertz CT molecular complexity index is 1220. The van der Waals surface area contributed by atoms with E-state index in [0.29, 0.717) is 13.2 Å². The Hall–Kier alpha value is -3.16. The zero-order valence-corrected chi connectivity index (χ0v) is 15.1. The van der Waals surface area contributed by atoms with Crippen molar-refractivity contribution in [3.05, 3.63) is 102 Å². The molecule has 0 aliphatic heterocycles. The van der Waals surface area contributed by atoms with Crippen LogP contribution in [0.25, 0.3) is 38.4 Å². The van der Waals surface area contributed by atoms with E-state index in [9.17, 15) is 0 Å². The Balaban J connectivity index is 1.43. The molecule has 27 heavy (non-hydrogen) atoms. The van der Waals surface area contributed by atoms with Crippen LogP contribution >= 0.6 is 0 Å². The van der Waals surface area contributed by atoms with Crippen LogP contribution in [0.1, 0.15) is 11.1 Å². The Morgan fingerprint density at radius 3 is 2.15 bits per heavy atom. The minimum absolute atomic E-state index is 0.608. The summed E-state index contributed by atoms with van der Waals surface area (Å²) in [4.78, 5) is 0. The Morgan fingerprint density at radius 2 is 1.33 bits per heavy atom. The third-order valence-corrected chi connectivity index (χ3v) is 5.20. The quantitative estimate of drug-likeness (QED) is 0.250. The molecule has 0 spiro atoms. The van der Waals surface area contributed by atoms with Gasteiger partial charge in [-0.25, -0.2) is 0 Å². The lowest BCUT2D eigenvalue weighted by Crippen LogP contribution is -1.95. The summed E-state index contributed by atoms with van der Waals surface area (Å²) in [5, 5.41) is 7.90. The van der Waals surface area contributed by atoms with Crippen molar-refractivity contribution in [2.24, 2.45) is 0 Å². The van der Waals surface area contributed by atoms with E-state index < -0.39 is 0 Å². The highest BCUT2D eigenvalue weighted by molar-refractivity contribution is 6.23. The van der Waals surface area contributed by atoms with E-state index >= 15 is 0 Å². The van der Waals surface area contributed by atoms with Crippen LogP contribution in [0.15, 0.2) is 91.0 Å². The lowest BCUT2D eigenvalue weighted by atomic mass is 9.92. The summed E-state index contributed by atoms with van der Waals surface area (Å²) in [6.07, 6.45) is 4.18. The Kier molecular flexibility index (Phi) is 4.08.